The Balaban J connectivity index is 3.01. The number of nitrogens with zero attached hydrogens (tertiary/aromatic N) is 2. The van der Waals surface area contributed by atoms with Gasteiger partial charge in [0.05, 0.1) is 6.42 Å². The molecule has 0 aliphatic carbocycles. The van der Waals surface area contributed by atoms with Crippen LogP contribution in [0.4, 0.5) is 4.79 Å². The lowest BCUT2D eigenvalue weighted by molar-refractivity contribution is -0.138. The van der Waals surface area contributed by atoms with Crippen molar-refractivity contribution in [2.75, 3.05) is 26.2 Å². The lowest BCUT2D eigenvalue weighted by atomic mass is 10.2. The van der Waals surface area contributed by atoms with Crippen LogP contribution in [0.2, 0.25) is 5.02 Å². The maximum absolute atomic E-state index is 12.9. The summed E-state index contributed by atoms with van der Waals surface area (Å²) in [6, 6.07) is 6.49. The molecule has 0 radical (unpaired) electrons. The summed E-state index contributed by atoms with van der Waals surface area (Å²) in [5.74, 6) is -1.41. The van der Waals surface area contributed by atoms with Gasteiger partial charge in [0.2, 0.25) is 5.91 Å². The van der Waals surface area contributed by atoms with Gasteiger partial charge in [-0.15, -0.1) is 0 Å². The van der Waals surface area contributed by atoms with Gasteiger partial charge in [-0.2, -0.15) is 0 Å². The molecule has 0 aliphatic heterocycles. The average molecular weight is 469 g/mol. The van der Waals surface area contributed by atoms with Gasteiger partial charge < -0.3 is 24.7 Å². The number of carboxylic acids is 1. The van der Waals surface area contributed by atoms with E-state index in [-0.39, 0.29) is 38.6 Å². The van der Waals surface area contributed by atoms with Crippen molar-refractivity contribution in [3.63, 3.8) is 0 Å². The van der Waals surface area contributed by atoms with Gasteiger partial charge in [-0.3, -0.25) is 9.59 Å². The second-order valence-electron chi connectivity index (χ2n) is 8.42. The van der Waals surface area contributed by atoms with Crippen LogP contribution in [0.25, 0.3) is 6.08 Å². The summed E-state index contributed by atoms with van der Waals surface area (Å²) >= 11 is 5.97. The molecule has 0 aromatic heterocycles. The van der Waals surface area contributed by atoms with E-state index in [4.69, 9.17) is 21.4 Å². The van der Waals surface area contributed by atoms with Crippen molar-refractivity contribution >= 4 is 35.6 Å². The zero-order valence-corrected chi connectivity index (χ0v) is 19.8. The fraction of sp³-hybridized carbons (Fsp3) is 0.522. The normalized spacial score (nSPS) is 12.4. The van der Waals surface area contributed by atoms with Crippen LogP contribution in [0.1, 0.15) is 46.1 Å². The van der Waals surface area contributed by atoms with Crippen LogP contribution in [-0.4, -0.2) is 75.9 Å². The smallest absolute Gasteiger partial charge is 0.410 e. The number of carbonyl (C=O) groups excluding carboxylic acids is 2. The number of aliphatic hydroxyl groups excluding tert-OH is 1. The van der Waals surface area contributed by atoms with Crippen LogP contribution in [0, 0.1) is 0 Å². The summed E-state index contributed by atoms with van der Waals surface area (Å²) in [6.07, 6.45) is 2.52. The van der Waals surface area contributed by atoms with Crippen LogP contribution in [-0.2, 0) is 14.3 Å². The molecule has 0 bridgehead atoms. The number of aliphatic carboxylic acids is 1. The number of benzene rings is 1. The van der Waals surface area contributed by atoms with Gasteiger partial charge in [0.25, 0.3) is 0 Å². The number of rotatable bonds is 11. The summed E-state index contributed by atoms with van der Waals surface area (Å²) in [5, 5.41) is 18.8. The van der Waals surface area contributed by atoms with E-state index in [1.54, 1.807) is 58.0 Å². The minimum atomic E-state index is -1.03. The molecule has 1 aromatic carbocycles. The van der Waals surface area contributed by atoms with Crippen molar-refractivity contribution in [1.29, 1.82) is 0 Å². The number of amides is 2. The Labute approximate surface area is 194 Å². The molecule has 0 unspecified atom stereocenters. The Bertz CT molecular complexity index is 806. The van der Waals surface area contributed by atoms with E-state index in [0.29, 0.717) is 11.4 Å². The number of halogens is 1. The molecule has 0 fully saturated rings. The van der Waals surface area contributed by atoms with Crippen molar-refractivity contribution in [1.82, 2.24) is 9.80 Å². The van der Waals surface area contributed by atoms with Crippen LogP contribution < -0.4 is 0 Å². The van der Waals surface area contributed by atoms with Crippen LogP contribution in [0.5, 0.6) is 0 Å². The van der Waals surface area contributed by atoms with E-state index in [1.165, 1.54) is 15.9 Å². The SMILES string of the molecule is C[C@H](CN(CCCO)C(=O)OC(C)(C)C)N(CCC(=O)O)C(=O)/C=C/c1cccc(Cl)c1. The van der Waals surface area contributed by atoms with E-state index in [9.17, 15) is 19.5 Å². The third kappa shape index (κ3) is 10.6. The molecule has 0 heterocycles. The maximum Gasteiger partial charge on any atom is 0.410 e. The van der Waals surface area contributed by atoms with E-state index < -0.39 is 23.7 Å². The minimum absolute atomic E-state index is 0.0165. The molecule has 2 N–H and O–H groups in total. The zero-order valence-electron chi connectivity index (χ0n) is 19.1. The first-order valence-electron chi connectivity index (χ1n) is 10.5. The van der Waals surface area contributed by atoms with E-state index in [0.717, 1.165) is 5.56 Å². The largest absolute Gasteiger partial charge is 0.481 e. The second-order valence-corrected chi connectivity index (χ2v) is 8.85. The van der Waals surface area contributed by atoms with Crippen LogP contribution >= 0.6 is 11.6 Å². The van der Waals surface area contributed by atoms with Gasteiger partial charge >= 0.3 is 12.1 Å². The molecule has 0 aliphatic rings. The first-order chi connectivity index (χ1) is 14.9. The molecule has 8 nitrogen and oxygen atoms in total. The number of hydrogen-bond donors (Lipinski definition) is 2. The number of carboxylic acid groups (broad SMARTS) is 1. The lowest BCUT2D eigenvalue weighted by Crippen LogP contribution is -2.48. The standard InChI is InChI=1S/C23H33ClN2O6/c1-17(16-25(12-6-14-27)22(31)32-23(2,3)4)26(13-11-21(29)30)20(28)10-9-18-7-5-8-19(24)15-18/h5,7-10,15,17,27H,6,11-14,16H2,1-4H3,(H,29,30)/b10-9+/t17-/m1/s1. The summed E-state index contributed by atoms with van der Waals surface area (Å²) in [7, 11) is 0. The highest BCUT2D eigenvalue weighted by molar-refractivity contribution is 6.30. The fourth-order valence-electron chi connectivity index (χ4n) is 2.90. The first kappa shape index (κ1) is 27.5. The fourth-order valence-corrected chi connectivity index (χ4v) is 3.10. The molecule has 0 saturated carbocycles. The van der Waals surface area contributed by atoms with Crippen LogP contribution in [0.15, 0.2) is 30.3 Å². The summed E-state index contributed by atoms with van der Waals surface area (Å²) < 4.78 is 5.43. The van der Waals surface area contributed by atoms with Gasteiger partial charge in [0.1, 0.15) is 5.60 Å². The molecule has 0 spiro atoms. The summed E-state index contributed by atoms with van der Waals surface area (Å²) in [6.45, 7) is 7.25. The monoisotopic (exact) mass is 468 g/mol. The second kappa shape index (κ2) is 13.1. The van der Waals surface area contributed by atoms with Gasteiger partial charge in [0, 0.05) is 43.4 Å². The molecule has 1 atom stereocenters. The molecule has 9 heteroatoms. The van der Waals surface area contributed by atoms with Crippen LogP contribution in [0.3, 0.4) is 0 Å². The average Bonchev–Trinajstić information content (AvgIpc) is 2.68. The van der Waals surface area contributed by atoms with Gasteiger partial charge in [0.15, 0.2) is 0 Å². The predicted molar refractivity (Wildman–Crippen MR) is 123 cm³/mol. The third-order valence-corrected chi connectivity index (χ3v) is 4.61. The minimum Gasteiger partial charge on any atom is -0.481 e. The topological polar surface area (TPSA) is 107 Å². The number of hydrogen-bond acceptors (Lipinski definition) is 5. The Morgan fingerprint density at radius 1 is 1.22 bits per heavy atom. The molecule has 32 heavy (non-hydrogen) atoms. The zero-order chi connectivity index (χ0) is 24.3. The quantitative estimate of drug-likeness (QED) is 0.480. The molecular weight excluding hydrogens is 436 g/mol. The Kier molecular flexibility index (Phi) is 11.2. The van der Waals surface area contributed by atoms with E-state index in [1.807, 2.05) is 0 Å². The highest BCUT2D eigenvalue weighted by Crippen LogP contribution is 2.15. The first-order valence-corrected chi connectivity index (χ1v) is 10.9. The Morgan fingerprint density at radius 3 is 2.47 bits per heavy atom. The number of aliphatic hydroxyl groups is 1. The Hall–Kier alpha value is -2.58. The third-order valence-electron chi connectivity index (χ3n) is 4.37. The highest BCUT2D eigenvalue weighted by atomic mass is 35.5. The van der Waals surface area contributed by atoms with Crippen molar-refractivity contribution in [3.8, 4) is 0 Å². The van der Waals surface area contributed by atoms with E-state index in [2.05, 4.69) is 0 Å². The number of ether oxygens (including phenoxy) is 1. The van der Waals surface area contributed by atoms with Crippen molar-refractivity contribution in [3.05, 3.63) is 40.9 Å². The van der Waals surface area contributed by atoms with Crippen molar-refractivity contribution in [2.45, 2.75) is 52.2 Å². The molecule has 2 amide bonds. The lowest BCUT2D eigenvalue weighted by Gasteiger charge is -2.34. The van der Waals surface area contributed by atoms with E-state index >= 15 is 0 Å². The summed E-state index contributed by atoms with van der Waals surface area (Å²) in [5.41, 5.74) is 0.0334. The molecule has 1 rings (SSSR count). The summed E-state index contributed by atoms with van der Waals surface area (Å²) in [4.78, 5) is 39.4. The molecular formula is C23H33ClN2O6. The van der Waals surface area contributed by atoms with Gasteiger partial charge in [-0.1, -0.05) is 23.7 Å². The molecule has 1 aromatic rings. The maximum atomic E-state index is 12.9. The van der Waals surface area contributed by atoms with Gasteiger partial charge in [-0.05, 0) is 57.9 Å². The number of carbonyl (C=O) groups is 3. The van der Waals surface area contributed by atoms with Gasteiger partial charge in [-0.25, -0.2) is 4.79 Å². The molecule has 178 valence electrons. The van der Waals surface area contributed by atoms with Crippen molar-refractivity contribution < 1.29 is 29.3 Å². The highest BCUT2D eigenvalue weighted by Gasteiger charge is 2.27. The van der Waals surface area contributed by atoms with Crippen molar-refractivity contribution in [2.24, 2.45) is 0 Å². The Morgan fingerprint density at radius 2 is 1.91 bits per heavy atom. The predicted octanol–water partition coefficient (Wildman–Crippen LogP) is 3.66. The molecule has 0 saturated heterocycles.